The number of nitrogens with zero attached hydrogens (tertiary/aromatic N) is 2. The predicted molar refractivity (Wildman–Crippen MR) is 72.1 cm³/mol. The van der Waals surface area contributed by atoms with Crippen molar-refractivity contribution < 1.29 is 14.7 Å². The Hall–Kier alpha value is -2.18. The van der Waals surface area contributed by atoms with Crippen molar-refractivity contribution in [3.05, 3.63) is 28.9 Å². The average Bonchev–Trinajstić information content (AvgIpc) is 2.36. The molecule has 0 fully saturated rings. The second-order valence-corrected chi connectivity index (χ2v) is 5.00. The van der Waals surface area contributed by atoms with Crippen molar-refractivity contribution in [2.75, 3.05) is 6.54 Å². The Bertz CT molecular complexity index is 524. The fourth-order valence-electron chi connectivity index (χ4n) is 1.80. The molecule has 7 heteroatoms. The number of carboxylic acid groups (broad SMARTS) is 1. The minimum atomic E-state index is -0.933. The third kappa shape index (κ3) is 5.21. The maximum absolute atomic E-state index is 11.7. The van der Waals surface area contributed by atoms with Crippen LogP contribution in [-0.4, -0.2) is 33.1 Å². The molecule has 20 heavy (non-hydrogen) atoms. The minimum absolute atomic E-state index is 0.0569. The lowest BCUT2D eigenvalue weighted by molar-refractivity contribution is -0.142. The van der Waals surface area contributed by atoms with Crippen molar-refractivity contribution in [3.8, 4) is 0 Å². The largest absolute Gasteiger partial charge is 0.481 e. The molecule has 7 nitrogen and oxygen atoms in total. The summed E-state index contributed by atoms with van der Waals surface area (Å²) in [6, 6.07) is 1.55. The van der Waals surface area contributed by atoms with Gasteiger partial charge in [-0.25, -0.2) is 9.78 Å². The first kappa shape index (κ1) is 15.9. The summed E-state index contributed by atoms with van der Waals surface area (Å²) in [5.41, 5.74) is -0.514. The first-order chi connectivity index (χ1) is 9.40. The van der Waals surface area contributed by atoms with Gasteiger partial charge in [0.15, 0.2) is 0 Å². The first-order valence-corrected chi connectivity index (χ1v) is 6.41. The lowest BCUT2D eigenvalue weighted by atomic mass is 9.97. The van der Waals surface area contributed by atoms with E-state index in [-0.39, 0.29) is 19.0 Å². The fraction of sp³-hybridized carbons (Fsp3) is 0.538. The number of hydrogen-bond donors (Lipinski definition) is 2. The summed E-state index contributed by atoms with van der Waals surface area (Å²) in [6.45, 7) is 3.74. The normalized spacial score (nSPS) is 12.2. The van der Waals surface area contributed by atoms with Crippen LogP contribution in [0.4, 0.5) is 0 Å². The quantitative estimate of drug-likeness (QED) is 0.738. The lowest BCUT2D eigenvalue weighted by Gasteiger charge is -2.15. The molecule has 1 heterocycles. The summed E-state index contributed by atoms with van der Waals surface area (Å²) >= 11 is 0. The molecule has 0 aliphatic heterocycles. The molecule has 0 bridgehead atoms. The van der Waals surface area contributed by atoms with Crippen LogP contribution < -0.4 is 11.0 Å². The van der Waals surface area contributed by atoms with Gasteiger partial charge in [0, 0.05) is 18.9 Å². The topological polar surface area (TPSA) is 101 Å². The number of amides is 1. The van der Waals surface area contributed by atoms with Crippen LogP contribution in [0.5, 0.6) is 0 Å². The van der Waals surface area contributed by atoms with E-state index in [0.717, 1.165) is 4.57 Å². The van der Waals surface area contributed by atoms with Gasteiger partial charge in [-0.05, 0) is 18.4 Å². The average molecular weight is 281 g/mol. The third-order valence-electron chi connectivity index (χ3n) is 2.75. The summed E-state index contributed by atoms with van der Waals surface area (Å²) in [4.78, 5) is 37.6. The molecular formula is C13H19N3O4. The summed E-state index contributed by atoms with van der Waals surface area (Å²) in [5, 5.41) is 11.6. The van der Waals surface area contributed by atoms with Crippen LogP contribution in [0.2, 0.25) is 0 Å². The number of hydrogen-bond acceptors (Lipinski definition) is 4. The van der Waals surface area contributed by atoms with Gasteiger partial charge < -0.3 is 10.4 Å². The minimum Gasteiger partial charge on any atom is -0.481 e. The van der Waals surface area contributed by atoms with Gasteiger partial charge in [0.25, 0.3) is 0 Å². The van der Waals surface area contributed by atoms with E-state index in [9.17, 15) is 14.4 Å². The lowest BCUT2D eigenvalue weighted by Crippen LogP contribution is -2.37. The molecule has 1 amide bonds. The standard InChI is InChI=1S/C13H19N3O4/c1-9(2)6-10(12(18)19)7-15-11(17)8-16-5-3-4-14-13(16)20/h3-5,9-10H,6-8H2,1-2H3,(H,15,17)(H,18,19). The highest BCUT2D eigenvalue weighted by molar-refractivity contribution is 5.77. The molecule has 1 rings (SSSR count). The molecule has 0 aliphatic carbocycles. The number of nitrogens with one attached hydrogen (secondary N) is 1. The number of rotatable bonds is 7. The second kappa shape index (κ2) is 7.42. The SMILES string of the molecule is CC(C)CC(CNC(=O)Cn1cccnc1=O)C(=O)O. The van der Waals surface area contributed by atoms with Gasteiger partial charge >= 0.3 is 11.7 Å². The molecule has 1 aromatic rings. The highest BCUT2D eigenvalue weighted by atomic mass is 16.4. The van der Waals surface area contributed by atoms with Gasteiger partial charge in [0.2, 0.25) is 5.91 Å². The van der Waals surface area contributed by atoms with E-state index >= 15 is 0 Å². The van der Waals surface area contributed by atoms with Crippen molar-refractivity contribution in [1.29, 1.82) is 0 Å². The molecule has 1 unspecified atom stereocenters. The van der Waals surface area contributed by atoms with Crippen molar-refractivity contribution in [1.82, 2.24) is 14.9 Å². The summed E-state index contributed by atoms with van der Waals surface area (Å²) in [6.07, 6.45) is 3.29. The van der Waals surface area contributed by atoms with Gasteiger partial charge in [0.05, 0.1) is 5.92 Å². The first-order valence-electron chi connectivity index (χ1n) is 6.41. The Morgan fingerprint density at radius 1 is 1.45 bits per heavy atom. The Morgan fingerprint density at radius 3 is 2.70 bits per heavy atom. The summed E-state index contributed by atoms with van der Waals surface area (Å²) in [5.74, 6) is -1.73. The number of carbonyl (C=O) groups is 2. The van der Waals surface area contributed by atoms with Gasteiger partial charge in [-0.1, -0.05) is 13.8 Å². The molecule has 0 spiro atoms. The summed E-state index contributed by atoms with van der Waals surface area (Å²) < 4.78 is 1.16. The van der Waals surface area contributed by atoms with E-state index < -0.39 is 23.5 Å². The Morgan fingerprint density at radius 2 is 2.15 bits per heavy atom. The van der Waals surface area contributed by atoms with Crippen molar-refractivity contribution in [2.45, 2.75) is 26.8 Å². The molecule has 0 saturated heterocycles. The van der Waals surface area contributed by atoms with Crippen LogP contribution >= 0.6 is 0 Å². The molecule has 0 radical (unpaired) electrons. The van der Waals surface area contributed by atoms with E-state index in [1.54, 1.807) is 6.07 Å². The Balaban J connectivity index is 2.52. The van der Waals surface area contributed by atoms with Crippen molar-refractivity contribution in [2.24, 2.45) is 11.8 Å². The molecule has 1 aromatic heterocycles. The van der Waals surface area contributed by atoms with Gasteiger partial charge in [0.1, 0.15) is 6.54 Å². The summed E-state index contributed by atoms with van der Waals surface area (Å²) in [7, 11) is 0. The van der Waals surface area contributed by atoms with Gasteiger partial charge in [-0.15, -0.1) is 0 Å². The highest BCUT2D eigenvalue weighted by Crippen LogP contribution is 2.10. The predicted octanol–water partition coefficient (Wildman–Crippen LogP) is 0.106. The number of aromatic nitrogens is 2. The van der Waals surface area contributed by atoms with Crippen LogP contribution in [0, 0.1) is 11.8 Å². The molecule has 0 aliphatic rings. The van der Waals surface area contributed by atoms with Crippen LogP contribution in [-0.2, 0) is 16.1 Å². The van der Waals surface area contributed by atoms with Crippen LogP contribution in [0.25, 0.3) is 0 Å². The number of carboxylic acids is 1. The van der Waals surface area contributed by atoms with E-state index in [1.807, 2.05) is 13.8 Å². The molecule has 0 saturated carbocycles. The van der Waals surface area contributed by atoms with E-state index in [2.05, 4.69) is 10.3 Å². The number of aliphatic carboxylic acids is 1. The zero-order valence-corrected chi connectivity index (χ0v) is 11.6. The van der Waals surface area contributed by atoms with E-state index in [4.69, 9.17) is 5.11 Å². The zero-order valence-electron chi connectivity index (χ0n) is 11.6. The van der Waals surface area contributed by atoms with Gasteiger partial charge in [-0.2, -0.15) is 0 Å². The third-order valence-corrected chi connectivity index (χ3v) is 2.75. The fourth-order valence-corrected chi connectivity index (χ4v) is 1.80. The van der Waals surface area contributed by atoms with Crippen LogP contribution in [0.15, 0.2) is 23.3 Å². The smallest absolute Gasteiger partial charge is 0.347 e. The highest BCUT2D eigenvalue weighted by Gasteiger charge is 2.19. The molecule has 1 atom stereocenters. The van der Waals surface area contributed by atoms with Crippen molar-refractivity contribution >= 4 is 11.9 Å². The molecular weight excluding hydrogens is 262 g/mol. The second-order valence-electron chi connectivity index (χ2n) is 5.00. The molecule has 2 N–H and O–H groups in total. The molecule has 0 aromatic carbocycles. The number of carbonyl (C=O) groups excluding carboxylic acids is 1. The zero-order chi connectivity index (χ0) is 15.1. The van der Waals surface area contributed by atoms with Crippen molar-refractivity contribution in [3.63, 3.8) is 0 Å². The van der Waals surface area contributed by atoms with Gasteiger partial charge in [-0.3, -0.25) is 14.2 Å². The van der Waals surface area contributed by atoms with Crippen LogP contribution in [0.3, 0.4) is 0 Å². The molecule has 110 valence electrons. The maximum Gasteiger partial charge on any atom is 0.347 e. The maximum atomic E-state index is 11.7. The Kier molecular flexibility index (Phi) is 5.89. The van der Waals surface area contributed by atoms with E-state index in [1.165, 1.54) is 12.4 Å². The van der Waals surface area contributed by atoms with Crippen LogP contribution in [0.1, 0.15) is 20.3 Å². The monoisotopic (exact) mass is 281 g/mol. The Labute approximate surface area is 116 Å². The van der Waals surface area contributed by atoms with E-state index in [0.29, 0.717) is 6.42 Å².